The van der Waals surface area contributed by atoms with E-state index in [0.717, 1.165) is 12.8 Å². The van der Waals surface area contributed by atoms with Gasteiger partial charge in [-0.1, -0.05) is 6.07 Å². The van der Waals surface area contributed by atoms with E-state index >= 15 is 0 Å². The highest BCUT2D eigenvalue weighted by Crippen LogP contribution is 2.24. The zero-order chi connectivity index (χ0) is 12.4. The molecule has 1 amide bonds. The second-order valence-electron chi connectivity index (χ2n) is 4.79. The number of likely N-dealkylation sites (tertiary alicyclic amines) is 1. The first kappa shape index (κ1) is 14.8. The maximum Gasteiger partial charge on any atom is 0.273 e. The van der Waals surface area contributed by atoms with Gasteiger partial charge in [0, 0.05) is 12.1 Å². The zero-order valence-electron chi connectivity index (χ0n) is 10.8. The lowest BCUT2D eigenvalue weighted by molar-refractivity contribution is 0.0505. The van der Waals surface area contributed by atoms with Gasteiger partial charge in [-0.25, -0.2) is 4.98 Å². The minimum absolute atomic E-state index is 0. The van der Waals surface area contributed by atoms with Crippen molar-refractivity contribution in [3.63, 3.8) is 0 Å². The zero-order valence-corrected chi connectivity index (χ0v) is 11.6. The number of carbonyl (C=O) groups excluding carboxylic acids is 1. The molecule has 1 aliphatic heterocycles. The number of nitrogens with two attached hydrogens (primary N) is 1. The second kappa shape index (κ2) is 6.05. The van der Waals surface area contributed by atoms with Crippen LogP contribution >= 0.6 is 12.4 Å². The summed E-state index contributed by atoms with van der Waals surface area (Å²) in [7, 11) is 0. The normalized spacial score (nSPS) is 23.3. The van der Waals surface area contributed by atoms with Crippen molar-refractivity contribution >= 4 is 24.1 Å². The Morgan fingerprint density at radius 3 is 2.50 bits per heavy atom. The van der Waals surface area contributed by atoms with Gasteiger partial charge in [-0.2, -0.15) is 0 Å². The van der Waals surface area contributed by atoms with Crippen LogP contribution < -0.4 is 5.73 Å². The molecule has 1 aromatic heterocycles. The summed E-state index contributed by atoms with van der Waals surface area (Å²) in [5.41, 5.74) is 6.06. The van der Waals surface area contributed by atoms with E-state index in [9.17, 15) is 4.79 Å². The summed E-state index contributed by atoms with van der Waals surface area (Å²) in [4.78, 5) is 18.4. The molecule has 0 aromatic carbocycles. The van der Waals surface area contributed by atoms with Crippen molar-refractivity contribution in [1.29, 1.82) is 0 Å². The largest absolute Gasteiger partial charge is 0.384 e. The number of aromatic nitrogens is 1. The van der Waals surface area contributed by atoms with Gasteiger partial charge in [0.05, 0.1) is 0 Å². The van der Waals surface area contributed by atoms with E-state index in [4.69, 9.17) is 5.73 Å². The molecule has 0 spiro atoms. The fourth-order valence-corrected chi connectivity index (χ4v) is 2.52. The molecule has 1 fully saturated rings. The number of nitrogen functional groups attached to an aromatic ring is 1. The number of anilines is 1. The number of amides is 1. The van der Waals surface area contributed by atoms with Gasteiger partial charge in [0.25, 0.3) is 5.91 Å². The van der Waals surface area contributed by atoms with E-state index in [1.54, 1.807) is 18.2 Å². The van der Waals surface area contributed by atoms with Crippen LogP contribution in [0.2, 0.25) is 0 Å². The lowest BCUT2D eigenvalue weighted by Gasteiger charge is -2.38. The number of hydrogen-bond acceptors (Lipinski definition) is 3. The molecule has 18 heavy (non-hydrogen) atoms. The highest BCUT2D eigenvalue weighted by atomic mass is 35.5. The fourth-order valence-electron chi connectivity index (χ4n) is 2.52. The molecule has 2 atom stereocenters. The highest BCUT2D eigenvalue weighted by molar-refractivity contribution is 5.93. The van der Waals surface area contributed by atoms with Crippen LogP contribution in [-0.2, 0) is 0 Å². The Balaban J connectivity index is 0.00000162. The summed E-state index contributed by atoms with van der Waals surface area (Å²) in [6.07, 6.45) is 3.33. The maximum absolute atomic E-state index is 12.4. The average Bonchev–Trinajstić information content (AvgIpc) is 2.28. The Kier molecular flexibility index (Phi) is 4.96. The van der Waals surface area contributed by atoms with Crippen molar-refractivity contribution in [3.8, 4) is 0 Å². The first-order valence-electron chi connectivity index (χ1n) is 6.15. The predicted molar refractivity (Wildman–Crippen MR) is 74.8 cm³/mol. The van der Waals surface area contributed by atoms with Gasteiger partial charge >= 0.3 is 0 Å². The minimum atomic E-state index is -0.00278. The summed E-state index contributed by atoms with van der Waals surface area (Å²) in [5.74, 6) is 0.394. The molecule has 2 N–H and O–H groups in total. The van der Waals surface area contributed by atoms with Crippen LogP contribution in [0.25, 0.3) is 0 Å². The van der Waals surface area contributed by atoms with E-state index in [1.165, 1.54) is 6.42 Å². The molecule has 2 unspecified atom stereocenters. The molecule has 2 rings (SSSR count). The third kappa shape index (κ3) is 2.93. The van der Waals surface area contributed by atoms with Crippen molar-refractivity contribution in [2.75, 3.05) is 5.73 Å². The highest BCUT2D eigenvalue weighted by Gasteiger charge is 2.30. The maximum atomic E-state index is 12.4. The standard InChI is InChI=1S/C13H19N3O.ClH/c1-9-5-3-6-10(2)16(9)13(17)11-7-4-8-12(14)15-11;/h4,7-10H,3,5-6H2,1-2H3,(H2,14,15);1H. The smallest absolute Gasteiger partial charge is 0.273 e. The van der Waals surface area contributed by atoms with Crippen LogP contribution in [0.5, 0.6) is 0 Å². The lowest BCUT2D eigenvalue weighted by atomic mass is 9.97. The molecule has 0 radical (unpaired) electrons. The summed E-state index contributed by atoms with van der Waals surface area (Å²) in [6, 6.07) is 5.77. The van der Waals surface area contributed by atoms with Gasteiger partial charge in [-0.05, 0) is 45.2 Å². The third-order valence-electron chi connectivity index (χ3n) is 3.42. The summed E-state index contributed by atoms with van der Waals surface area (Å²) >= 11 is 0. The van der Waals surface area contributed by atoms with Gasteiger partial charge in [-0.3, -0.25) is 4.79 Å². The number of rotatable bonds is 1. The number of pyridine rings is 1. The molecule has 1 aromatic rings. The Labute approximate surface area is 114 Å². The Hall–Kier alpha value is -1.29. The molecule has 0 bridgehead atoms. The lowest BCUT2D eigenvalue weighted by Crippen LogP contribution is -2.47. The van der Waals surface area contributed by atoms with Crippen molar-refractivity contribution < 1.29 is 4.79 Å². The van der Waals surface area contributed by atoms with Crippen LogP contribution in [0.3, 0.4) is 0 Å². The molecular formula is C13H20ClN3O. The molecule has 5 heteroatoms. The van der Waals surface area contributed by atoms with Crippen molar-refractivity contribution in [1.82, 2.24) is 9.88 Å². The van der Waals surface area contributed by atoms with Gasteiger partial charge in [0.15, 0.2) is 0 Å². The third-order valence-corrected chi connectivity index (χ3v) is 3.42. The van der Waals surface area contributed by atoms with E-state index in [1.807, 2.05) is 4.90 Å². The van der Waals surface area contributed by atoms with Crippen LogP contribution in [0.4, 0.5) is 5.82 Å². The minimum Gasteiger partial charge on any atom is -0.384 e. The van der Waals surface area contributed by atoms with Crippen molar-refractivity contribution in [2.24, 2.45) is 0 Å². The molecule has 2 heterocycles. The fraction of sp³-hybridized carbons (Fsp3) is 0.538. The number of nitrogens with zero attached hydrogens (tertiary/aromatic N) is 2. The molecule has 0 aliphatic carbocycles. The summed E-state index contributed by atoms with van der Waals surface area (Å²) in [6.45, 7) is 4.19. The molecule has 100 valence electrons. The SMILES string of the molecule is CC1CCCC(C)N1C(=O)c1cccc(N)n1.Cl. The van der Waals surface area contributed by atoms with Crippen molar-refractivity contribution in [3.05, 3.63) is 23.9 Å². The van der Waals surface area contributed by atoms with Gasteiger partial charge in [0.2, 0.25) is 0 Å². The van der Waals surface area contributed by atoms with Crippen LogP contribution in [-0.4, -0.2) is 27.9 Å². The monoisotopic (exact) mass is 269 g/mol. The number of piperidine rings is 1. The summed E-state index contributed by atoms with van der Waals surface area (Å²) < 4.78 is 0. The van der Waals surface area contributed by atoms with Gasteiger partial charge in [-0.15, -0.1) is 12.4 Å². The van der Waals surface area contributed by atoms with Gasteiger partial charge in [0.1, 0.15) is 11.5 Å². The van der Waals surface area contributed by atoms with E-state index in [2.05, 4.69) is 18.8 Å². The average molecular weight is 270 g/mol. The van der Waals surface area contributed by atoms with E-state index in [-0.39, 0.29) is 30.4 Å². The Bertz CT molecular complexity index is 414. The quantitative estimate of drug-likeness (QED) is 0.852. The van der Waals surface area contributed by atoms with Crippen LogP contribution in [0.1, 0.15) is 43.6 Å². The molecule has 4 nitrogen and oxygen atoms in total. The van der Waals surface area contributed by atoms with Crippen molar-refractivity contribution in [2.45, 2.75) is 45.2 Å². The molecule has 1 aliphatic rings. The second-order valence-corrected chi connectivity index (χ2v) is 4.79. The molecular weight excluding hydrogens is 250 g/mol. The first-order chi connectivity index (χ1) is 8.09. The van der Waals surface area contributed by atoms with Crippen LogP contribution in [0.15, 0.2) is 18.2 Å². The summed E-state index contributed by atoms with van der Waals surface area (Å²) in [5, 5.41) is 0. The Morgan fingerprint density at radius 2 is 1.94 bits per heavy atom. The van der Waals surface area contributed by atoms with E-state index in [0.29, 0.717) is 11.5 Å². The first-order valence-corrected chi connectivity index (χ1v) is 6.15. The van der Waals surface area contributed by atoms with Gasteiger partial charge < -0.3 is 10.6 Å². The van der Waals surface area contributed by atoms with E-state index < -0.39 is 0 Å². The molecule has 1 saturated heterocycles. The number of halogens is 1. The predicted octanol–water partition coefficient (Wildman–Crippen LogP) is 2.49. The van der Waals surface area contributed by atoms with Crippen LogP contribution in [0, 0.1) is 0 Å². The molecule has 0 saturated carbocycles. The number of hydrogen-bond donors (Lipinski definition) is 1. The topological polar surface area (TPSA) is 59.2 Å². The Morgan fingerprint density at radius 1 is 1.33 bits per heavy atom. The number of carbonyl (C=O) groups is 1.